The molecule has 1 amide bonds. The summed E-state index contributed by atoms with van der Waals surface area (Å²) in [5, 5.41) is 13.1. The van der Waals surface area contributed by atoms with Crippen LogP contribution < -0.4 is 5.32 Å². The lowest BCUT2D eigenvalue weighted by Crippen LogP contribution is -2.42. The number of aromatic amines is 1. The Kier molecular flexibility index (Phi) is 4.65. The van der Waals surface area contributed by atoms with Gasteiger partial charge in [0.25, 0.3) is 0 Å². The Hall–Kier alpha value is -2.30. The van der Waals surface area contributed by atoms with Crippen molar-refractivity contribution in [1.82, 2.24) is 10.3 Å². The van der Waals surface area contributed by atoms with Crippen molar-refractivity contribution in [3.05, 3.63) is 36.0 Å². The Morgan fingerprint density at radius 3 is 2.74 bits per heavy atom. The molecule has 1 aliphatic rings. The van der Waals surface area contributed by atoms with E-state index in [4.69, 9.17) is 0 Å². The molecule has 0 saturated heterocycles. The highest BCUT2D eigenvalue weighted by molar-refractivity contribution is 5.86. The minimum atomic E-state index is -0.991. The highest BCUT2D eigenvalue weighted by atomic mass is 16.4. The minimum Gasteiger partial charge on any atom is -0.480 e. The Labute approximate surface area is 135 Å². The molecular formula is C18H22N2O3. The van der Waals surface area contributed by atoms with Gasteiger partial charge in [-0.05, 0) is 30.4 Å². The summed E-state index contributed by atoms with van der Waals surface area (Å²) in [6, 6.07) is 6.88. The van der Waals surface area contributed by atoms with E-state index >= 15 is 0 Å². The summed E-state index contributed by atoms with van der Waals surface area (Å²) in [5.41, 5.74) is 1.89. The number of carbonyl (C=O) groups is 2. The van der Waals surface area contributed by atoms with Crippen LogP contribution in [0.25, 0.3) is 10.9 Å². The van der Waals surface area contributed by atoms with Gasteiger partial charge in [0, 0.05) is 29.9 Å². The number of benzene rings is 1. The maximum absolute atomic E-state index is 12.1. The summed E-state index contributed by atoms with van der Waals surface area (Å²) < 4.78 is 0. The molecule has 1 aliphatic carbocycles. The molecule has 0 aliphatic heterocycles. The Balaban J connectivity index is 1.66. The zero-order chi connectivity index (χ0) is 16.2. The second-order valence-electron chi connectivity index (χ2n) is 6.38. The van der Waals surface area contributed by atoms with E-state index in [0.29, 0.717) is 12.3 Å². The summed E-state index contributed by atoms with van der Waals surface area (Å²) in [7, 11) is 0. The lowest BCUT2D eigenvalue weighted by atomic mass is 10.0. The standard InChI is InChI=1S/C18H22N2O3/c21-17(9-12-5-1-2-6-12)20-16(18(22)23)10-13-11-19-15-8-4-3-7-14(13)15/h3-4,7-8,11-12,16,19H,1-2,5-6,9-10H2,(H,20,21)(H,22,23). The molecule has 1 heterocycles. The lowest BCUT2D eigenvalue weighted by Gasteiger charge is -2.16. The first-order chi connectivity index (χ1) is 11.1. The second kappa shape index (κ2) is 6.86. The zero-order valence-electron chi connectivity index (χ0n) is 13.0. The fourth-order valence-electron chi connectivity index (χ4n) is 3.45. The van der Waals surface area contributed by atoms with E-state index in [2.05, 4.69) is 10.3 Å². The number of carboxylic acid groups (broad SMARTS) is 1. The average Bonchev–Trinajstić information content (AvgIpc) is 3.16. The highest BCUT2D eigenvalue weighted by Gasteiger charge is 2.24. The van der Waals surface area contributed by atoms with Gasteiger partial charge in [-0.15, -0.1) is 0 Å². The topological polar surface area (TPSA) is 82.2 Å². The van der Waals surface area contributed by atoms with Crippen LogP contribution in [0.2, 0.25) is 0 Å². The predicted molar refractivity (Wildman–Crippen MR) is 88.1 cm³/mol. The van der Waals surface area contributed by atoms with Gasteiger partial charge in [0.2, 0.25) is 5.91 Å². The zero-order valence-corrected chi connectivity index (χ0v) is 13.0. The van der Waals surface area contributed by atoms with E-state index in [1.54, 1.807) is 0 Å². The van der Waals surface area contributed by atoms with Crippen LogP contribution in [0.1, 0.15) is 37.7 Å². The number of hydrogen-bond donors (Lipinski definition) is 3. The molecule has 1 saturated carbocycles. The first-order valence-electron chi connectivity index (χ1n) is 8.20. The first kappa shape index (κ1) is 15.6. The number of para-hydroxylation sites is 1. The largest absolute Gasteiger partial charge is 0.480 e. The Morgan fingerprint density at radius 1 is 1.26 bits per heavy atom. The molecule has 23 heavy (non-hydrogen) atoms. The van der Waals surface area contributed by atoms with E-state index in [1.165, 1.54) is 12.8 Å². The monoisotopic (exact) mass is 314 g/mol. The molecule has 0 spiro atoms. The molecule has 5 nitrogen and oxygen atoms in total. The van der Waals surface area contributed by atoms with Crippen LogP contribution in [-0.2, 0) is 16.0 Å². The van der Waals surface area contributed by atoms with E-state index in [1.807, 2.05) is 30.5 Å². The van der Waals surface area contributed by atoms with Gasteiger partial charge in [0.1, 0.15) is 6.04 Å². The van der Waals surface area contributed by atoms with Crippen LogP contribution in [-0.4, -0.2) is 28.0 Å². The van der Waals surface area contributed by atoms with Crippen molar-refractivity contribution in [2.45, 2.75) is 44.6 Å². The lowest BCUT2D eigenvalue weighted by molar-refractivity contribution is -0.141. The van der Waals surface area contributed by atoms with E-state index in [-0.39, 0.29) is 12.3 Å². The van der Waals surface area contributed by atoms with E-state index in [9.17, 15) is 14.7 Å². The number of amides is 1. The molecule has 1 atom stereocenters. The molecule has 1 aromatic heterocycles. The third-order valence-electron chi connectivity index (χ3n) is 4.68. The third kappa shape index (κ3) is 3.73. The summed E-state index contributed by atoms with van der Waals surface area (Å²) in [5.74, 6) is -0.725. The number of aliphatic carboxylic acids is 1. The van der Waals surface area contributed by atoms with Crippen molar-refractivity contribution in [2.24, 2.45) is 5.92 Å². The van der Waals surface area contributed by atoms with Crippen LogP contribution in [0.5, 0.6) is 0 Å². The van der Waals surface area contributed by atoms with Crippen molar-refractivity contribution >= 4 is 22.8 Å². The van der Waals surface area contributed by atoms with E-state index in [0.717, 1.165) is 29.3 Å². The van der Waals surface area contributed by atoms with Gasteiger partial charge in [-0.1, -0.05) is 31.0 Å². The fraction of sp³-hybridized carbons (Fsp3) is 0.444. The molecule has 3 rings (SSSR count). The smallest absolute Gasteiger partial charge is 0.326 e. The predicted octanol–water partition coefficient (Wildman–Crippen LogP) is 2.86. The summed E-state index contributed by atoms with van der Waals surface area (Å²) in [6.45, 7) is 0. The number of rotatable bonds is 6. The SMILES string of the molecule is O=C(CC1CCCC1)NC(Cc1c[nH]c2ccccc12)C(=O)O. The number of carboxylic acids is 1. The van der Waals surface area contributed by atoms with Gasteiger partial charge < -0.3 is 15.4 Å². The molecule has 3 N–H and O–H groups in total. The van der Waals surface area contributed by atoms with E-state index < -0.39 is 12.0 Å². The Morgan fingerprint density at radius 2 is 2.00 bits per heavy atom. The summed E-state index contributed by atoms with van der Waals surface area (Å²) in [4.78, 5) is 26.8. The number of hydrogen-bond acceptors (Lipinski definition) is 2. The van der Waals surface area contributed by atoms with Crippen molar-refractivity contribution in [1.29, 1.82) is 0 Å². The van der Waals surface area contributed by atoms with Crippen LogP contribution in [0.15, 0.2) is 30.5 Å². The third-order valence-corrected chi connectivity index (χ3v) is 4.68. The minimum absolute atomic E-state index is 0.149. The van der Waals surface area contributed by atoms with Gasteiger partial charge in [-0.2, -0.15) is 0 Å². The number of nitrogens with one attached hydrogen (secondary N) is 2. The second-order valence-corrected chi connectivity index (χ2v) is 6.38. The summed E-state index contributed by atoms with van der Waals surface area (Å²) in [6.07, 6.45) is 7.06. The van der Waals surface area contributed by atoms with Gasteiger partial charge in [-0.25, -0.2) is 4.79 Å². The number of carbonyl (C=O) groups excluding carboxylic acids is 1. The number of fused-ring (bicyclic) bond motifs is 1. The van der Waals surface area contributed by atoms with Crippen molar-refractivity contribution in [2.75, 3.05) is 0 Å². The first-order valence-corrected chi connectivity index (χ1v) is 8.20. The molecule has 0 bridgehead atoms. The van der Waals surface area contributed by atoms with Crippen LogP contribution >= 0.6 is 0 Å². The Bertz CT molecular complexity index is 701. The molecule has 1 unspecified atom stereocenters. The van der Waals surface area contributed by atoms with Gasteiger partial charge in [0.15, 0.2) is 0 Å². The van der Waals surface area contributed by atoms with Gasteiger partial charge in [0.05, 0.1) is 0 Å². The average molecular weight is 314 g/mol. The maximum atomic E-state index is 12.1. The van der Waals surface area contributed by atoms with Gasteiger partial charge in [-0.3, -0.25) is 4.79 Å². The quantitative estimate of drug-likeness (QED) is 0.767. The number of aromatic nitrogens is 1. The molecule has 1 fully saturated rings. The van der Waals surface area contributed by atoms with Crippen LogP contribution in [0.4, 0.5) is 0 Å². The molecule has 122 valence electrons. The van der Waals surface area contributed by atoms with Crippen LogP contribution in [0.3, 0.4) is 0 Å². The normalized spacial score (nSPS) is 16.5. The van der Waals surface area contributed by atoms with Gasteiger partial charge >= 0.3 is 5.97 Å². The molecule has 1 aromatic carbocycles. The molecule has 0 radical (unpaired) electrons. The molecule has 2 aromatic rings. The van der Waals surface area contributed by atoms with Crippen molar-refractivity contribution in [3.63, 3.8) is 0 Å². The highest BCUT2D eigenvalue weighted by Crippen LogP contribution is 2.27. The van der Waals surface area contributed by atoms with Crippen molar-refractivity contribution in [3.8, 4) is 0 Å². The maximum Gasteiger partial charge on any atom is 0.326 e. The molecular weight excluding hydrogens is 292 g/mol. The van der Waals surface area contributed by atoms with Crippen LogP contribution in [0, 0.1) is 5.92 Å². The van der Waals surface area contributed by atoms with Crippen molar-refractivity contribution < 1.29 is 14.7 Å². The fourth-order valence-corrected chi connectivity index (χ4v) is 3.45. The molecule has 5 heteroatoms. The summed E-state index contributed by atoms with van der Waals surface area (Å²) >= 11 is 0. The number of H-pyrrole nitrogens is 1.